The third kappa shape index (κ3) is 2.55. The standard InChI is InChI=1S/C19H22N4O3/c1-22(2)16-17(21-8-7-20-16)23-10-14-11-26-15-6-4-3-5-13(15)9-19(14,12-23)18(24)25/h3-8,14H,9-12H2,1-2H3,(H,24,25)/t14-,19+/m0/s1. The second-order valence-electron chi connectivity index (χ2n) is 7.23. The number of rotatable bonds is 3. The van der Waals surface area contributed by atoms with Crippen LogP contribution in [0.2, 0.25) is 0 Å². The average molecular weight is 354 g/mol. The first kappa shape index (κ1) is 16.6. The molecule has 0 saturated carbocycles. The lowest BCUT2D eigenvalue weighted by molar-refractivity contribution is -0.150. The summed E-state index contributed by atoms with van der Waals surface area (Å²) in [5.74, 6) is 1.36. The zero-order valence-corrected chi connectivity index (χ0v) is 14.9. The number of fused-ring (bicyclic) bond motifs is 2. The minimum Gasteiger partial charge on any atom is -0.493 e. The van der Waals surface area contributed by atoms with Crippen LogP contribution >= 0.6 is 0 Å². The normalized spacial score (nSPS) is 24.2. The minimum absolute atomic E-state index is 0.121. The van der Waals surface area contributed by atoms with E-state index in [4.69, 9.17) is 4.74 Å². The molecule has 26 heavy (non-hydrogen) atoms. The van der Waals surface area contributed by atoms with Gasteiger partial charge in [-0.05, 0) is 18.1 Å². The van der Waals surface area contributed by atoms with Gasteiger partial charge in [0.15, 0.2) is 11.6 Å². The van der Waals surface area contributed by atoms with Crippen molar-refractivity contribution in [1.82, 2.24) is 9.97 Å². The topological polar surface area (TPSA) is 78.8 Å². The fourth-order valence-electron chi connectivity index (χ4n) is 4.05. The number of benzene rings is 1. The van der Waals surface area contributed by atoms with Gasteiger partial charge in [0.25, 0.3) is 0 Å². The number of hydrogen-bond donors (Lipinski definition) is 1. The van der Waals surface area contributed by atoms with Crippen LogP contribution in [0.25, 0.3) is 0 Å². The van der Waals surface area contributed by atoms with Crippen molar-refractivity contribution in [3.05, 3.63) is 42.2 Å². The van der Waals surface area contributed by atoms with E-state index in [1.807, 2.05) is 48.2 Å². The Kier molecular flexibility index (Phi) is 3.94. The molecule has 0 aliphatic carbocycles. The Morgan fingerprint density at radius 3 is 2.85 bits per heavy atom. The molecule has 7 nitrogen and oxygen atoms in total. The molecule has 7 heteroatoms. The highest BCUT2D eigenvalue weighted by atomic mass is 16.5. The van der Waals surface area contributed by atoms with Crippen LogP contribution in [-0.2, 0) is 11.2 Å². The van der Waals surface area contributed by atoms with E-state index in [0.717, 1.165) is 22.9 Å². The first-order valence-corrected chi connectivity index (χ1v) is 8.68. The van der Waals surface area contributed by atoms with E-state index in [1.165, 1.54) is 0 Å². The number of carboxylic acids is 1. The van der Waals surface area contributed by atoms with Crippen LogP contribution in [0.3, 0.4) is 0 Å². The van der Waals surface area contributed by atoms with E-state index in [0.29, 0.717) is 26.1 Å². The molecular weight excluding hydrogens is 332 g/mol. The van der Waals surface area contributed by atoms with Crippen molar-refractivity contribution >= 4 is 17.6 Å². The molecule has 0 amide bonds. The van der Waals surface area contributed by atoms with Crippen molar-refractivity contribution in [3.63, 3.8) is 0 Å². The van der Waals surface area contributed by atoms with Crippen LogP contribution in [0.15, 0.2) is 36.7 Å². The lowest BCUT2D eigenvalue weighted by Crippen LogP contribution is -2.42. The summed E-state index contributed by atoms with van der Waals surface area (Å²) in [6, 6.07) is 7.72. The van der Waals surface area contributed by atoms with Gasteiger partial charge in [0.1, 0.15) is 5.75 Å². The molecule has 1 saturated heterocycles. The molecule has 1 fully saturated rings. The Bertz CT molecular complexity index is 841. The second-order valence-corrected chi connectivity index (χ2v) is 7.23. The van der Waals surface area contributed by atoms with Gasteiger partial charge in [0.2, 0.25) is 0 Å². The van der Waals surface area contributed by atoms with Crippen LogP contribution < -0.4 is 14.5 Å². The largest absolute Gasteiger partial charge is 0.493 e. The van der Waals surface area contributed by atoms with Crippen molar-refractivity contribution in [3.8, 4) is 5.75 Å². The van der Waals surface area contributed by atoms with Gasteiger partial charge in [-0.3, -0.25) is 4.79 Å². The molecule has 2 aliphatic rings. The van der Waals surface area contributed by atoms with E-state index in [9.17, 15) is 9.90 Å². The average Bonchev–Trinajstić information content (AvgIpc) is 2.93. The molecule has 2 atom stereocenters. The Balaban J connectivity index is 1.73. The number of aromatic nitrogens is 2. The molecule has 0 unspecified atom stereocenters. The quantitative estimate of drug-likeness (QED) is 0.898. The molecule has 0 spiro atoms. The number of hydrogen-bond acceptors (Lipinski definition) is 6. The maximum atomic E-state index is 12.4. The number of aliphatic carboxylic acids is 1. The number of carboxylic acid groups (broad SMARTS) is 1. The summed E-state index contributed by atoms with van der Waals surface area (Å²) >= 11 is 0. The Morgan fingerprint density at radius 1 is 1.31 bits per heavy atom. The van der Waals surface area contributed by atoms with Gasteiger partial charge >= 0.3 is 5.97 Å². The summed E-state index contributed by atoms with van der Waals surface area (Å²) in [6.45, 7) is 1.36. The van der Waals surface area contributed by atoms with E-state index < -0.39 is 11.4 Å². The lowest BCUT2D eigenvalue weighted by atomic mass is 9.74. The third-order valence-electron chi connectivity index (χ3n) is 5.42. The van der Waals surface area contributed by atoms with Crippen molar-refractivity contribution in [2.24, 2.45) is 11.3 Å². The summed E-state index contributed by atoms with van der Waals surface area (Å²) in [5.41, 5.74) is 0.0551. The summed E-state index contributed by atoms with van der Waals surface area (Å²) in [5, 5.41) is 10.2. The predicted octanol–water partition coefficient (Wildman–Crippen LogP) is 1.68. The van der Waals surface area contributed by atoms with E-state index in [1.54, 1.807) is 12.4 Å². The van der Waals surface area contributed by atoms with Gasteiger partial charge in [-0.2, -0.15) is 0 Å². The zero-order valence-electron chi connectivity index (χ0n) is 14.9. The molecule has 2 aliphatic heterocycles. The molecule has 0 radical (unpaired) electrons. The van der Waals surface area contributed by atoms with E-state index in [2.05, 4.69) is 9.97 Å². The first-order valence-electron chi connectivity index (χ1n) is 8.68. The SMILES string of the molecule is CN(C)c1nccnc1N1C[C@H]2COc3ccccc3C[C@@]2(C(=O)O)C1. The van der Waals surface area contributed by atoms with Crippen molar-refractivity contribution < 1.29 is 14.6 Å². The Labute approximate surface area is 152 Å². The van der Waals surface area contributed by atoms with Crippen LogP contribution in [0.4, 0.5) is 11.6 Å². The fourth-order valence-corrected chi connectivity index (χ4v) is 4.05. The molecule has 1 aromatic heterocycles. The fraction of sp³-hybridized carbons (Fsp3) is 0.421. The monoisotopic (exact) mass is 354 g/mol. The van der Waals surface area contributed by atoms with Gasteiger partial charge in [-0.25, -0.2) is 9.97 Å². The number of nitrogens with zero attached hydrogens (tertiary/aromatic N) is 4. The maximum Gasteiger partial charge on any atom is 0.312 e. The summed E-state index contributed by atoms with van der Waals surface area (Å²) in [7, 11) is 3.82. The van der Waals surface area contributed by atoms with Gasteiger partial charge in [-0.1, -0.05) is 18.2 Å². The van der Waals surface area contributed by atoms with Crippen molar-refractivity contribution in [2.45, 2.75) is 6.42 Å². The van der Waals surface area contributed by atoms with Crippen LogP contribution in [0.5, 0.6) is 5.75 Å². The van der Waals surface area contributed by atoms with Gasteiger partial charge in [-0.15, -0.1) is 0 Å². The number of carbonyl (C=O) groups is 1. The third-order valence-corrected chi connectivity index (χ3v) is 5.42. The minimum atomic E-state index is -0.895. The number of anilines is 2. The summed E-state index contributed by atoms with van der Waals surface area (Å²) in [6.07, 6.45) is 3.76. The zero-order chi connectivity index (χ0) is 18.3. The predicted molar refractivity (Wildman–Crippen MR) is 97.8 cm³/mol. The van der Waals surface area contributed by atoms with Gasteiger partial charge < -0.3 is 19.6 Å². The van der Waals surface area contributed by atoms with Gasteiger partial charge in [0, 0.05) is 45.5 Å². The molecule has 3 heterocycles. The van der Waals surface area contributed by atoms with Crippen LogP contribution in [0.1, 0.15) is 5.56 Å². The van der Waals surface area contributed by atoms with E-state index >= 15 is 0 Å². The Hall–Kier alpha value is -2.83. The molecular formula is C19H22N4O3. The molecule has 136 valence electrons. The molecule has 2 aromatic rings. The molecule has 0 bridgehead atoms. The highest BCUT2D eigenvalue weighted by molar-refractivity contribution is 5.79. The summed E-state index contributed by atoms with van der Waals surface area (Å²) in [4.78, 5) is 25.2. The van der Waals surface area contributed by atoms with Crippen molar-refractivity contribution in [1.29, 1.82) is 0 Å². The van der Waals surface area contributed by atoms with Crippen LogP contribution in [-0.4, -0.2) is 54.8 Å². The number of ether oxygens (including phenoxy) is 1. The molecule has 1 aromatic carbocycles. The Morgan fingerprint density at radius 2 is 2.08 bits per heavy atom. The lowest BCUT2D eigenvalue weighted by Gasteiger charge is -2.28. The second kappa shape index (κ2) is 6.16. The summed E-state index contributed by atoms with van der Waals surface area (Å²) < 4.78 is 5.96. The maximum absolute atomic E-state index is 12.4. The highest BCUT2D eigenvalue weighted by Gasteiger charge is 2.54. The van der Waals surface area contributed by atoms with Crippen molar-refractivity contribution in [2.75, 3.05) is 43.6 Å². The number of para-hydroxylation sites is 1. The van der Waals surface area contributed by atoms with Gasteiger partial charge in [0.05, 0.1) is 12.0 Å². The highest BCUT2D eigenvalue weighted by Crippen LogP contribution is 2.45. The molecule has 1 N–H and O–H groups in total. The smallest absolute Gasteiger partial charge is 0.312 e. The van der Waals surface area contributed by atoms with Crippen LogP contribution in [0, 0.1) is 11.3 Å². The molecule has 4 rings (SSSR count). The van der Waals surface area contributed by atoms with E-state index in [-0.39, 0.29) is 5.92 Å². The first-order chi connectivity index (χ1) is 12.5.